The molecule has 0 aromatic carbocycles. The molecule has 8 atom stereocenters. The van der Waals surface area contributed by atoms with E-state index in [1.165, 1.54) is 85.6 Å². The van der Waals surface area contributed by atoms with Crippen LogP contribution >= 0.6 is 17.2 Å². The normalized spacial score (nSPS) is 74.3. The van der Waals surface area contributed by atoms with Gasteiger partial charge in [0.2, 0.25) is 0 Å². The van der Waals surface area contributed by atoms with Crippen molar-refractivity contribution in [2.24, 2.45) is 17.3 Å². The summed E-state index contributed by atoms with van der Waals surface area (Å²) in [4.78, 5) is 9.37. The first-order chi connectivity index (χ1) is 17.9. The van der Waals surface area contributed by atoms with Crippen molar-refractivity contribution in [3.63, 3.8) is 0 Å². The summed E-state index contributed by atoms with van der Waals surface area (Å²) in [5, 5.41) is 9.48. The first-order valence-corrected chi connectivity index (χ1v) is 25.3. The fraction of sp³-hybridized carbons (Fsp3) is 1.00. The molecule has 39 heavy (non-hydrogen) atoms. The molecule has 0 aromatic rings. The molecule has 12 fully saturated rings. The molecule has 222 valence electrons. The first-order valence-electron chi connectivity index (χ1n) is 17.1. The van der Waals surface area contributed by atoms with Gasteiger partial charge in [-0.1, -0.05) is 0 Å². The van der Waals surface area contributed by atoms with Crippen LogP contribution in [0.25, 0.3) is 0 Å². The van der Waals surface area contributed by atoms with Gasteiger partial charge >= 0.3 is 234 Å². The van der Waals surface area contributed by atoms with E-state index < -0.39 is 6.51 Å². The van der Waals surface area contributed by atoms with Crippen LogP contribution < -0.4 is 10.6 Å². The quantitative estimate of drug-likeness (QED) is 0.239. The Morgan fingerprint density at radius 1 is 0.744 bits per heavy atom. The van der Waals surface area contributed by atoms with Gasteiger partial charge in [-0.15, -0.1) is 0 Å². The number of rotatable bonds is 5. The molecule has 12 heterocycles. The average Bonchev–Trinajstić information content (AvgIpc) is 3.80. The Balaban J connectivity index is 1.18. The number of fused-ring (bicyclic) bond motifs is 10. The Labute approximate surface area is 233 Å². The maximum absolute atomic E-state index is 4.01. The molecule has 2 N–H and O–H groups in total. The zero-order valence-corrected chi connectivity index (χ0v) is 29.6. The summed E-state index contributed by atoms with van der Waals surface area (Å²) in [6.07, 6.45) is 7.59. The molecule has 0 amide bonds. The molecule has 2 nitrogen and oxygen atoms in total. The summed E-state index contributed by atoms with van der Waals surface area (Å²) >= 11 is 0. The van der Waals surface area contributed by atoms with Crippen molar-refractivity contribution >= 4 is 17.2 Å². The summed E-state index contributed by atoms with van der Waals surface area (Å²) in [6, 6.07) is 0. The van der Waals surface area contributed by atoms with Crippen LogP contribution in [0.1, 0.15) is 88.0 Å². The summed E-state index contributed by atoms with van der Waals surface area (Å²) in [5.41, 5.74) is 0.565. The van der Waals surface area contributed by atoms with E-state index >= 15 is 0 Å². The van der Waals surface area contributed by atoms with Crippen LogP contribution in [-0.4, -0.2) is 47.8 Å². The van der Waals surface area contributed by atoms with E-state index in [2.05, 4.69) is 82.2 Å². The molecule has 0 radical (unpaired) electrons. The van der Waals surface area contributed by atoms with Crippen molar-refractivity contribution in [3.05, 3.63) is 0 Å². The minimum absolute atomic E-state index is 0.0264. The van der Waals surface area contributed by atoms with Gasteiger partial charge in [-0.3, -0.25) is 0 Å². The Morgan fingerprint density at radius 2 is 1.21 bits per heavy atom. The van der Waals surface area contributed by atoms with Crippen LogP contribution in [0.15, 0.2) is 0 Å². The van der Waals surface area contributed by atoms with Crippen LogP contribution in [0.5, 0.6) is 0 Å². The standard InChI is InChI=1S/C29H53N2P2.C5H5.Fe/c1-26(2,3)24-16-21(20-33(27(4,5)6)28(7,8)9)25(17-24)29(32,22-12-10-14-30-18-22)23-13-11-15-31-19-23;1-2-4-5-3-1;/h16-17,22-23,30-31H,10-15,18-20,32H2,1-9H3;1-5H;. The van der Waals surface area contributed by atoms with E-state index in [0.29, 0.717) is 20.9 Å². The van der Waals surface area contributed by atoms with Gasteiger partial charge in [0.25, 0.3) is 0 Å². The van der Waals surface area contributed by atoms with E-state index in [-0.39, 0.29) is 7.92 Å². The zero-order chi connectivity index (χ0) is 27.4. The molecule has 0 aromatic heterocycles. The molecular weight excluding hydrogens is 554 g/mol. The van der Waals surface area contributed by atoms with Crippen LogP contribution in [-0.2, 0) is 6.51 Å². The second-order valence-corrected chi connectivity index (χ2v) is 50.0. The van der Waals surface area contributed by atoms with Gasteiger partial charge in [0.1, 0.15) is 0 Å². The molecule has 0 aliphatic carbocycles. The molecule has 12 aliphatic heterocycles. The molecule has 8 unspecified atom stereocenters. The number of nitrogens with one attached hydrogen (secondary N) is 2. The van der Waals surface area contributed by atoms with Crippen molar-refractivity contribution in [1.82, 2.24) is 10.6 Å². The SMILES string of the molecule is CC(C)(C)P(C[C]12[CH]3[C]4(C(C)(C)C)[CH]5[C]1(C(P)(C1CCCNC1)C1CCCNC1)[Fe]35241678[CH]2[CH]1[CH]6[CH]7[CH]28)C(C)(C)C. The Kier molecular flexibility index (Phi) is 2.09. The maximum atomic E-state index is 4.01. The van der Waals surface area contributed by atoms with Crippen molar-refractivity contribution in [3.8, 4) is 0 Å². The van der Waals surface area contributed by atoms with Gasteiger partial charge in [0.15, 0.2) is 0 Å². The van der Waals surface area contributed by atoms with E-state index in [9.17, 15) is 0 Å². The predicted molar refractivity (Wildman–Crippen MR) is 169 cm³/mol. The van der Waals surface area contributed by atoms with Crippen molar-refractivity contribution in [2.45, 2.75) is 150 Å². The Morgan fingerprint density at radius 3 is 1.54 bits per heavy atom. The topological polar surface area (TPSA) is 24.1 Å². The summed E-state index contributed by atoms with van der Waals surface area (Å²) in [7, 11) is 3.96. The summed E-state index contributed by atoms with van der Waals surface area (Å²) in [6.45, 7) is 25.5. The summed E-state index contributed by atoms with van der Waals surface area (Å²) in [5.74, 6) is 1.82. The van der Waals surface area contributed by atoms with Gasteiger partial charge in [-0.25, -0.2) is 0 Å². The van der Waals surface area contributed by atoms with Gasteiger partial charge < -0.3 is 0 Å². The fourth-order valence-electron chi connectivity index (χ4n) is 26.3. The number of hydrogen-bond acceptors (Lipinski definition) is 2. The second kappa shape index (κ2) is 3.45. The van der Waals surface area contributed by atoms with E-state index in [4.69, 9.17) is 0 Å². The monoisotopic (exact) mass is 612 g/mol. The van der Waals surface area contributed by atoms with Crippen LogP contribution in [0.3, 0.4) is 0 Å². The second-order valence-electron chi connectivity index (χ2n) is 22.2. The molecule has 12 saturated heterocycles. The van der Waals surface area contributed by atoms with Gasteiger partial charge in [0.05, 0.1) is 0 Å². The molecule has 12 rings (SSSR count). The van der Waals surface area contributed by atoms with Crippen molar-refractivity contribution < 1.29 is 6.51 Å². The van der Waals surface area contributed by atoms with E-state index in [0.717, 1.165) is 24.8 Å². The minimum atomic E-state index is -3.98. The molecular formula is C34H58FeN2P2. The molecule has 0 saturated carbocycles. The summed E-state index contributed by atoms with van der Waals surface area (Å²) < 4.78 is 2.63. The van der Waals surface area contributed by atoms with E-state index in [1.54, 1.807) is 6.16 Å². The predicted octanol–water partition coefficient (Wildman–Crippen LogP) is 9.22. The van der Waals surface area contributed by atoms with Gasteiger partial charge in [-0.05, 0) is 0 Å². The molecule has 0 bridgehead atoms. The third-order valence-corrected chi connectivity index (χ3v) is 73.5. The number of piperidine rings is 2. The van der Waals surface area contributed by atoms with Crippen molar-refractivity contribution in [2.75, 3.05) is 32.3 Å². The van der Waals surface area contributed by atoms with Crippen LogP contribution in [0.4, 0.5) is 0 Å². The Hall–Kier alpha value is 1.30. The molecule has 5 heteroatoms. The van der Waals surface area contributed by atoms with Gasteiger partial charge in [0, 0.05) is 0 Å². The molecule has 1 spiro atoms. The van der Waals surface area contributed by atoms with Crippen LogP contribution in [0.2, 0.25) is 46.7 Å². The number of hydrogen-bond donors (Lipinski definition) is 2. The third-order valence-electron chi connectivity index (χ3n) is 23.0. The van der Waals surface area contributed by atoms with E-state index in [1.807, 2.05) is 0 Å². The zero-order valence-electron chi connectivity index (χ0n) is 26.4. The first kappa shape index (κ1) is 23.7. The van der Waals surface area contributed by atoms with Gasteiger partial charge in [-0.2, -0.15) is 0 Å². The fourth-order valence-corrected chi connectivity index (χ4v) is 119. The average molecular weight is 613 g/mol. The van der Waals surface area contributed by atoms with Crippen LogP contribution in [0, 0.1) is 17.3 Å². The Bertz CT molecular complexity index is 1610. The van der Waals surface area contributed by atoms with Crippen molar-refractivity contribution in [1.29, 1.82) is 0 Å². The molecule has 12 aliphatic rings. The third kappa shape index (κ3) is 0.590.